The average molecular weight is 387 g/mol. The fourth-order valence-electron chi connectivity index (χ4n) is 3.47. The number of benzene rings is 2. The quantitative estimate of drug-likeness (QED) is 0.541. The Hall–Kier alpha value is -3.41. The number of aromatic nitrogens is 3. The van der Waals surface area contributed by atoms with Crippen molar-refractivity contribution in [1.82, 2.24) is 19.9 Å². The fourth-order valence-corrected chi connectivity index (χ4v) is 3.47. The minimum atomic E-state index is -0.236. The minimum absolute atomic E-state index is 0.236. The second-order valence-corrected chi connectivity index (χ2v) is 7.82. The van der Waals surface area contributed by atoms with E-state index >= 15 is 0 Å². The van der Waals surface area contributed by atoms with Crippen LogP contribution in [-0.2, 0) is 13.1 Å². The molecule has 2 aromatic heterocycles. The summed E-state index contributed by atoms with van der Waals surface area (Å²) in [5.41, 5.74) is 11.8. The van der Waals surface area contributed by atoms with Crippen LogP contribution < -0.4 is 11.1 Å². The van der Waals surface area contributed by atoms with E-state index in [2.05, 4.69) is 19.2 Å². The lowest BCUT2D eigenvalue weighted by atomic mass is 10.1. The number of carbonyl (C=O) groups excluding carboxylic acids is 1. The van der Waals surface area contributed by atoms with Crippen molar-refractivity contribution < 1.29 is 4.79 Å². The highest BCUT2D eigenvalue weighted by atomic mass is 16.1. The van der Waals surface area contributed by atoms with Gasteiger partial charge in [0.05, 0.1) is 11.0 Å². The average Bonchev–Trinajstić information content (AvgIpc) is 2.96. The molecule has 0 aliphatic heterocycles. The molecule has 0 aliphatic carbocycles. The van der Waals surface area contributed by atoms with Crippen LogP contribution in [0.2, 0.25) is 0 Å². The van der Waals surface area contributed by atoms with Crippen LogP contribution in [0.25, 0.3) is 22.2 Å². The number of nitrogens with zero attached hydrogens (tertiary/aromatic N) is 3. The first kappa shape index (κ1) is 18.9. The number of rotatable bonds is 5. The van der Waals surface area contributed by atoms with Crippen molar-refractivity contribution in [3.63, 3.8) is 0 Å². The topological polar surface area (TPSA) is 85.8 Å². The molecule has 1 amide bonds. The van der Waals surface area contributed by atoms with Crippen molar-refractivity contribution in [2.75, 3.05) is 5.73 Å². The summed E-state index contributed by atoms with van der Waals surface area (Å²) < 4.78 is 1.90. The zero-order valence-electron chi connectivity index (χ0n) is 16.9. The van der Waals surface area contributed by atoms with Crippen LogP contribution in [0.15, 0.2) is 48.5 Å². The molecule has 0 spiro atoms. The van der Waals surface area contributed by atoms with E-state index in [-0.39, 0.29) is 5.91 Å². The highest BCUT2D eigenvalue weighted by molar-refractivity contribution is 6.10. The monoisotopic (exact) mass is 387 g/mol. The summed E-state index contributed by atoms with van der Waals surface area (Å²) in [6.07, 6.45) is 0. The fraction of sp³-hybridized carbons (Fsp3) is 0.261. The number of aryl methyl sites for hydroxylation is 1. The Kier molecular flexibility index (Phi) is 4.92. The molecule has 0 radical (unpaired) electrons. The first-order valence-corrected chi connectivity index (χ1v) is 9.82. The standard InChI is InChI=1S/C23H25N5O/c1-14(2)13-28-21(24)19(23(29)25-12-16-10-8-15(3)9-11-16)20-22(28)27-18-7-5-4-6-17(18)26-20/h4-11,14H,12-13,24H2,1-3H3,(H,25,29). The van der Waals surface area contributed by atoms with Crippen LogP contribution in [0.4, 0.5) is 5.82 Å². The molecule has 0 saturated heterocycles. The number of carbonyl (C=O) groups is 1. The Morgan fingerprint density at radius 3 is 2.38 bits per heavy atom. The predicted molar refractivity (Wildman–Crippen MR) is 117 cm³/mol. The molecule has 0 unspecified atom stereocenters. The van der Waals surface area contributed by atoms with Gasteiger partial charge in [-0.15, -0.1) is 0 Å². The third-order valence-corrected chi connectivity index (χ3v) is 4.94. The van der Waals surface area contributed by atoms with Gasteiger partial charge in [0.25, 0.3) is 5.91 Å². The van der Waals surface area contributed by atoms with E-state index in [9.17, 15) is 4.79 Å². The zero-order valence-corrected chi connectivity index (χ0v) is 16.9. The molecular weight excluding hydrogens is 362 g/mol. The number of hydrogen-bond acceptors (Lipinski definition) is 4. The first-order valence-electron chi connectivity index (χ1n) is 9.82. The van der Waals surface area contributed by atoms with Gasteiger partial charge < -0.3 is 15.6 Å². The Bertz CT molecular complexity index is 1190. The summed E-state index contributed by atoms with van der Waals surface area (Å²) in [5, 5.41) is 2.98. The maximum Gasteiger partial charge on any atom is 0.257 e. The van der Waals surface area contributed by atoms with Crippen molar-refractivity contribution >= 4 is 33.9 Å². The van der Waals surface area contributed by atoms with Crippen molar-refractivity contribution in [2.45, 2.75) is 33.9 Å². The molecule has 3 N–H and O–H groups in total. The van der Waals surface area contributed by atoms with Crippen molar-refractivity contribution in [2.24, 2.45) is 5.92 Å². The van der Waals surface area contributed by atoms with Gasteiger partial charge in [-0.05, 0) is 30.5 Å². The van der Waals surface area contributed by atoms with E-state index in [1.807, 2.05) is 60.0 Å². The summed E-state index contributed by atoms with van der Waals surface area (Å²) >= 11 is 0. The molecule has 6 heteroatoms. The highest BCUT2D eigenvalue weighted by Crippen LogP contribution is 2.28. The summed E-state index contributed by atoms with van der Waals surface area (Å²) in [6, 6.07) is 15.7. The van der Waals surface area contributed by atoms with Gasteiger partial charge in [0, 0.05) is 13.1 Å². The third kappa shape index (κ3) is 3.66. The number of hydrogen-bond donors (Lipinski definition) is 2. The van der Waals surface area contributed by atoms with Gasteiger partial charge in [-0.25, -0.2) is 9.97 Å². The van der Waals surface area contributed by atoms with Crippen molar-refractivity contribution in [3.05, 3.63) is 65.2 Å². The van der Waals surface area contributed by atoms with Crippen molar-refractivity contribution in [3.8, 4) is 0 Å². The lowest BCUT2D eigenvalue weighted by molar-refractivity contribution is 0.0953. The number of nitrogen functional groups attached to an aromatic ring is 1. The maximum atomic E-state index is 13.1. The molecule has 4 aromatic rings. The van der Waals surface area contributed by atoms with E-state index in [1.54, 1.807) is 0 Å². The zero-order chi connectivity index (χ0) is 20.5. The Morgan fingerprint density at radius 2 is 1.72 bits per heavy atom. The number of fused-ring (bicyclic) bond motifs is 2. The summed E-state index contributed by atoms with van der Waals surface area (Å²) in [4.78, 5) is 22.6. The summed E-state index contributed by atoms with van der Waals surface area (Å²) in [5.74, 6) is 0.523. The van der Waals surface area contributed by atoms with Crippen LogP contribution in [0, 0.1) is 12.8 Å². The van der Waals surface area contributed by atoms with Crippen LogP contribution in [0.3, 0.4) is 0 Å². The van der Waals surface area contributed by atoms with E-state index < -0.39 is 0 Å². The maximum absolute atomic E-state index is 13.1. The number of nitrogens with two attached hydrogens (primary N) is 1. The first-order chi connectivity index (χ1) is 13.9. The van der Waals surface area contributed by atoms with Crippen LogP contribution >= 0.6 is 0 Å². The largest absolute Gasteiger partial charge is 0.384 e. The van der Waals surface area contributed by atoms with Gasteiger partial charge in [0.15, 0.2) is 5.65 Å². The second-order valence-electron chi connectivity index (χ2n) is 7.82. The van der Waals surface area contributed by atoms with Gasteiger partial charge in [-0.3, -0.25) is 4.79 Å². The number of para-hydroxylation sites is 2. The van der Waals surface area contributed by atoms with Gasteiger partial charge in [-0.2, -0.15) is 0 Å². The van der Waals surface area contributed by atoms with Crippen LogP contribution in [0.5, 0.6) is 0 Å². The lowest BCUT2D eigenvalue weighted by Crippen LogP contribution is -2.24. The van der Waals surface area contributed by atoms with E-state index in [4.69, 9.17) is 15.7 Å². The number of nitrogens with one attached hydrogen (secondary N) is 1. The van der Waals surface area contributed by atoms with Gasteiger partial charge in [0.2, 0.25) is 0 Å². The Labute approximate surface area is 169 Å². The highest BCUT2D eigenvalue weighted by Gasteiger charge is 2.24. The lowest BCUT2D eigenvalue weighted by Gasteiger charge is -2.10. The predicted octanol–water partition coefficient (Wildman–Crippen LogP) is 4.06. The third-order valence-electron chi connectivity index (χ3n) is 4.94. The molecule has 0 fully saturated rings. The van der Waals surface area contributed by atoms with E-state index in [1.165, 1.54) is 5.56 Å². The summed E-state index contributed by atoms with van der Waals surface area (Å²) in [7, 11) is 0. The van der Waals surface area contributed by atoms with Gasteiger partial charge >= 0.3 is 0 Å². The molecule has 29 heavy (non-hydrogen) atoms. The Balaban J connectivity index is 1.77. The smallest absolute Gasteiger partial charge is 0.257 e. The Morgan fingerprint density at radius 1 is 1.07 bits per heavy atom. The van der Waals surface area contributed by atoms with E-state index in [0.29, 0.717) is 41.6 Å². The minimum Gasteiger partial charge on any atom is -0.384 e. The van der Waals surface area contributed by atoms with Gasteiger partial charge in [0.1, 0.15) is 16.9 Å². The molecule has 0 saturated carbocycles. The molecule has 0 bridgehead atoms. The summed E-state index contributed by atoms with van der Waals surface area (Å²) in [6.45, 7) is 7.35. The molecule has 2 heterocycles. The van der Waals surface area contributed by atoms with Crippen LogP contribution in [0.1, 0.15) is 35.3 Å². The molecule has 4 rings (SSSR count). The van der Waals surface area contributed by atoms with Gasteiger partial charge in [-0.1, -0.05) is 55.8 Å². The second kappa shape index (κ2) is 7.54. The number of amides is 1. The SMILES string of the molecule is Cc1ccc(CNC(=O)c2c(N)n(CC(C)C)c3nc4ccccc4nc23)cc1. The van der Waals surface area contributed by atoms with Crippen LogP contribution in [-0.4, -0.2) is 20.4 Å². The molecular formula is C23H25N5O. The van der Waals surface area contributed by atoms with Crippen molar-refractivity contribution in [1.29, 1.82) is 0 Å². The molecule has 2 aromatic carbocycles. The molecule has 6 nitrogen and oxygen atoms in total. The van der Waals surface area contributed by atoms with E-state index in [0.717, 1.165) is 16.6 Å². The number of anilines is 1. The molecule has 148 valence electrons. The molecule has 0 aliphatic rings. The normalized spacial score (nSPS) is 11.4. The molecule has 0 atom stereocenters.